The predicted octanol–water partition coefficient (Wildman–Crippen LogP) is 2.23. The molecule has 1 N–H and O–H groups in total. The molecule has 0 radical (unpaired) electrons. The molecular weight excluding hydrogens is 224 g/mol. The number of benzene rings is 1. The summed E-state index contributed by atoms with van der Waals surface area (Å²) in [5.41, 5.74) is 1.02. The van der Waals surface area contributed by atoms with Crippen LogP contribution in [0, 0.1) is 0 Å². The minimum atomic E-state index is -0.178. The molecule has 1 aromatic rings. The summed E-state index contributed by atoms with van der Waals surface area (Å²) in [5, 5.41) is 8.97. The molecular formula is C12H16O3S. The van der Waals surface area contributed by atoms with Crippen molar-refractivity contribution >= 4 is 17.7 Å². The molecule has 0 aliphatic heterocycles. The largest absolute Gasteiger partial charge is 0.508 e. The first kappa shape index (κ1) is 12.9. The van der Waals surface area contributed by atoms with Gasteiger partial charge in [0, 0.05) is 0 Å². The van der Waals surface area contributed by atoms with Gasteiger partial charge in [0.1, 0.15) is 11.0 Å². The maximum absolute atomic E-state index is 11.6. The van der Waals surface area contributed by atoms with Gasteiger partial charge in [-0.1, -0.05) is 12.1 Å². The number of hydrogen-bond donors (Lipinski definition) is 1. The van der Waals surface area contributed by atoms with E-state index in [4.69, 9.17) is 9.84 Å². The second-order valence-corrected chi connectivity index (χ2v) is 4.39. The van der Waals surface area contributed by atoms with Crippen molar-refractivity contribution in [2.75, 3.05) is 12.9 Å². The second kappa shape index (κ2) is 6.43. The van der Waals surface area contributed by atoms with E-state index in [0.717, 1.165) is 5.56 Å². The molecule has 1 aromatic carbocycles. The molecule has 1 rings (SSSR count). The number of phenolic OH excluding ortho intramolecular Hbond substituents is 1. The van der Waals surface area contributed by atoms with Gasteiger partial charge in [-0.05, 0) is 37.3 Å². The predicted molar refractivity (Wildman–Crippen MR) is 65.7 cm³/mol. The van der Waals surface area contributed by atoms with E-state index in [2.05, 4.69) is 0 Å². The summed E-state index contributed by atoms with van der Waals surface area (Å²) < 4.78 is 4.98. The molecule has 1 atom stereocenters. The van der Waals surface area contributed by atoms with Gasteiger partial charge in [-0.2, -0.15) is 0 Å². The fraction of sp³-hybridized carbons (Fsp3) is 0.417. The van der Waals surface area contributed by atoms with Crippen molar-refractivity contribution < 1.29 is 14.6 Å². The first-order valence-electron chi connectivity index (χ1n) is 5.14. The highest BCUT2D eigenvalue weighted by molar-refractivity contribution is 7.99. The van der Waals surface area contributed by atoms with Gasteiger partial charge in [0.2, 0.25) is 0 Å². The molecule has 0 fully saturated rings. The normalized spacial score (nSPS) is 12.1. The summed E-state index contributed by atoms with van der Waals surface area (Å²) in [6.07, 6.45) is 2.52. The third-order valence-corrected chi connectivity index (χ3v) is 3.12. The van der Waals surface area contributed by atoms with Crippen LogP contribution in [-0.2, 0) is 16.0 Å². The fourth-order valence-electron chi connectivity index (χ4n) is 1.34. The van der Waals surface area contributed by atoms with E-state index in [1.54, 1.807) is 19.1 Å². The summed E-state index contributed by atoms with van der Waals surface area (Å²) in [7, 11) is 0. The quantitative estimate of drug-likeness (QED) is 0.802. The first-order chi connectivity index (χ1) is 7.67. The van der Waals surface area contributed by atoms with Crippen LogP contribution in [0.5, 0.6) is 5.75 Å². The van der Waals surface area contributed by atoms with E-state index in [1.165, 1.54) is 11.8 Å². The third kappa shape index (κ3) is 3.77. The Balaban J connectivity index is 2.62. The van der Waals surface area contributed by atoms with Crippen LogP contribution in [0.3, 0.4) is 0 Å². The molecule has 0 bridgehead atoms. The molecule has 0 aromatic heterocycles. The topological polar surface area (TPSA) is 46.5 Å². The lowest BCUT2D eigenvalue weighted by Crippen LogP contribution is -2.22. The van der Waals surface area contributed by atoms with Crippen LogP contribution in [0.4, 0.5) is 0 Å². The maximum Gasteiger partial charge on any atom is 0.319 e. The van der Waals surface area contributed by atoms with Crippen LogP contribution >= 0.6 is 11.8 Å². The SMILES string of the molecule is CCOC(=O)C(Cc1ccc(O)cc1)SC. The van der Waals surface area contributed by atoms with E-state index in [0.29, 0.717) is 13.0 Å². The lowest BCUT2D eigenvalue weighted by atomic mass is 10.1. The van der Waals surface area contributed by atoms with Crippen molar-refractivity contribution in [3.8, 4) is 5.75 Å². The standard InChI is InChI=1S/C12H16O3S/c1-3-15-12(14)11(16-2)8-9-4-6-10(13)7-5-9/h4-7,11,13H,3,8H2,1-2H3. The summed E-state index contributed by atoms with van der Waals surface area (Å²) in [4.78, 5) is 11.6. The minimum Gasteiger partial charge on any atom is -0.508 e. The highest BCUT2D eigenvalue weighted by Crippen LogP contribution is 2.17. The Morgan fingerprint density at radius 2 is 2.06 bits per heavy atom. The van der Waals surface area contributed by atoms with Gasteiger partial charge in [-0.3, -0.25) is 4.79 Å². The summed E-state index contributed by atoms with van der Waals surface area (Å²) in [5.74, 6) is 0.0589. The molecule has 88 valence electrons. The number of esters is 1. The molecule has 0 saturated heterocycles. The number of ether oxygens (including phenoxy) is 1. The number of rotatable bonds is 5. The molecule has 0 aliphatic rings. The van der Waals surface area contributed by atoms with Crippen molar-refractivity contribution in [1.82, 2.24) is 0 Å². The molecule has 0 aliphatic carbocycles. The van der Waals surface area contributed by atoms with E-state index < -0.39 is 0 Å². The highest BCUT2D eigenvalue weighted by Gasteiger charge is 2.18. The Hall–Kier alpha value is -1.16. The summed E-state index contributed by atoms with van der Waals surface area (Å²) in [6, 6.07) is 6.88. The number of aromatic hydroxyl groups is 1. The molecule has 4 heteroatoms. The van der Waals surface area contributed by atoms with E-state index in [-0.39, 0.29) is 17.0 Å². The zero-order chi connectivity index (χ0) is 12.0. The molecule has 0 spiro atoms. The Morgan fingerprint density at radius 3 is 2.56 bits per heavy atom. The van der Waals surface area contributed by atoms with Gasteiger partial charge < -0.3 is 9.84 Å². The van der Waals surface area contributed by atoms with Gasteiger partial charge in [-0.25, -0.2) is 0 Å². The number of carbonyl (C=O) groups is 1. The van der Waals surface area contributed by atoms with Crippen LogP contribution in [0.1, 0.15) is 12.5 Å². The average Bonchev–Trinajstić information content (AvgIpc) is 2.28. The van der Waals surface area contributed by atoms with Crippen molar-refractivity contribution in [1.29, 1.82) is 0 Å². The van der Waals surface area contributed by atoms with Crippen LogP contribution in [-0.4, -0.2) is 29.2 Å². The van der Waals surface area contributed by atoms with Crippen LogP contribution in [0.15, 0.2) is 24.3 Å². The zero-order valence-electron chi connectivity index (χ0n) is 9.47. The Kier molecular flexibility index (Phi) is 5.19. The van der Waals surface area contributed by atoms with E-state index in [1.807, 2.05) is 18.4 Å². The molecule has 16 heavy (non-hydrogen) atoms. The summed E-state index contributed by atoms with van der Waals surface area (Å²) >= 11 is 1.48. The van der Waals surface area contributed by atoms with E-state index >= 15 is 0 Å². The minimum absolute atomic E-state index is 0.176. The second-order valence-electron chi connectivity index (χ2n) is 3.35. The van der Waals surface area contributed by atoms with Gasteiger partial charge in [0.05, 0.1) is 6.61 Å². The lowest BCUT2D eigenvalue weighted by molar-refractivity contribution is -0.142. The Morgan fingerprint density at radius 1 is 1.44 bits per heavy atom. The van der Waals surface area contributed by atoms with E-state index in [9.17, 15) is 4.79 Å². The smallest absolute Gasteiger partial charge is 0.319 e. The maximum atomic E-state index is 11.6. The lowest BCUT2D eigenvalue weighted by Gasteiger charge is -2.12. The average molecular weight is 240 g/mol. The van der Waals surface area contributed by atoms with Crippen molar-refractivity contribution in [3.63, 3.8) is 0 Å². The third-order valence-electron chi connectivity index (χ3n) is 2.19. The number of thioether (sulfide) groups is 1. The van der Waals surface area contributed by atoms with Crippen molar-refractivity contribution in [2.24, 2.45) is 0 Å². The molecule has 1 unspecified atom stereocenters. The van der Waals surface area contributed by atoms with Crippen LogP contribution < -0.4 is 0 Å². The van der Waals surface area contributed by atoms with Gasteiger partial charge in [0.15, 0.2) is 0 Å². The van der Waals surface area contributed by atoms with Crippen LogP contribution in [0.2, 0.25) is 0 Å². The van der Waals surface area contributed by atoms with Crippen molar-refractivity contribution in [3.05, 3.63) is 29.8 Å². The highest BCUT2D eigenvalue weighted by atomic mass is 32.2. The zero-order valence-corrected chi connectivity index (χ0v) is 10.3. The Labute approximate surface area is 99.8 Å². The Bertz CT molecular complexity index is 335. The number of phenols is 1. The number of hydrogen-bond acceptors (Lipinski definition) is 4. The fourth-order valence-corrected chi connectivity index (χ4v) is 1.96. The van der Waals surface area contributed by atoms with Gasteiger partial charge in [0.25, 0.3) is 0 Å². The molecule has 0 amide bonds. The van der Waals surface area contributed by atoms with Gasteiger partial charge in [-0.15, -0.1) is 11.8 Å². The molecule has 0 heterocycles. The van der Waals surface area contributed by atoms with Crippen molar-refractivity contribution in [2.45, 2.75) is 18.6 Å². The molecule has 0 saturated carbocycles. The monoisotopic (exact) mass is 240 g/mol. The number of carbonyl (C=O) groups excluding carboxylic acids is 1. The first-order valence-corrected chi connectivity index (χ1v) is 6.43. The summed E-state index contributed by atoms with van der Waals surface area (Å²) in [6.45, 7) is 2.21. The molecule has 3 nitrogen and oxygen atoms in total. The van der Waals surface area contributed by atoms with Crippen LogP contribution in [0.25, 0.3) is 0 Å². The van der Waals surface area contributed by atoms with Gasteiger partial charge >= 0.3 is 5.97 Å².